The van der Waals surface area contributed by atoms with E-state index in [1.165, 1.54) is 10.8 Å². The van der Waals surface area contributed by atoms with Gasteiger partial charge in [0, 0.05) is 0 Å². The highest BCUT2D eigenvalue weighted by Gasteiger charge is 2.30. The molecular formula is C8H19NSSi. The van der Waals surface area contributed by atoms with Gasteiger partial charge in [0.2, 0.25) is 0 Å². The van der Waals surface area contributed by atoms with Crippen LogP contribution in [0.25, 0.3) is 0 Å². The Kier molecular flexibility index (Phi) is 3.46. The minimum absolute atomic E-state index is 0.435. The first-order valence-corrected chi connectivity index (χ1v) is 7.78. The van der Waals surface area contributed by atoms with Crippen molar-refractivity contribution >= 4 is 20.7 Å². The average molecular weight is 189 g/mol. The first kappa shape index (κ1) is 9.61. The maximum Gasteiger partial charge on any atom is 0.132 e. The highest BCUT2D eigenvalue weighted by molar-refractivity contribution is 8.05. The normalized spacial score (nSPS) is 19.9. The molecule has 1 saturated heterocycles. The molecule has 0 spiro atoms. The summed E-state index contributed by atoms with van der Waals surface area (Å²) in [7, 11) is -0.435. The minimum Gasteiger partial charge on any atom is -0.320 e. The van der Waals surface area contributed by atoms with Gasteiger partial charge in [-0.15, -0.1) is 0 Å². The predicted molar refractivity (Wildman–Crippen MR) is 56.6 cm³/mol. The monoisotopic (exact) mass is 189 g/mol. The summed E-state index contributed by atoms with van der Waals surface area (Å²) < 4.78 is 2.76. The van der Waals surface area contributed by atoms with Crippen molar-refractivity contribution in [2.45, 2.75) is 39.8 Å². The zero-order valence-corrected chi connectivity index (χ0v) is 9.97. The van der Waals surface area contributed by atoms with Gasteiger partial charge in [-0.25, -0.2) is 0 Å². The van der Waals surface area contributed by atoms with Crippen molar-refractivity contribution in [1.82, 2.24) is 4.57 Å². The number of hydrogen-bond acceptors (Lipinski definition) is 2. The number of nitrogens with zero attached hydrogens (tertiary/aromatic N) is 1. The topological polar surface area (TPSA) is 3.24 Å². The SMILES string of the molecule is CC(C)N(C(C)C)[SiH]1CSC1. The van der Waals surface area contributed by atoms with Crippen LogP contribution in [-0.4, -0.2) is 36.4 Å². The van der Waals surface area contributed by atoms with E-state index in [-0.39, 0.29) is 0 Å². The lowest BCUT2D eigenvalue weighted by Gasteiger charge is -2.41. The molecule has 0 radical (unpaired) electrons. The molecule has 1 aliphatic rings. The Hall–Kier alpha value is 0.527. The molecule has 0 aromatic carbocycles. The maximum absolute atomic E-state index is 2.76. The summed E-state index contributed by atoms with van der Waals surface area (Å²) in [4.78, 5) is 0. The van der Waals surface area contributed by atoms with Crippen LogP contribution in [0.1, 0.15) is 27.7 Å². The molecule has 0 N–H and O–H groups in total. The fourth-order valence-corrected chi connectivity index (χ4v) is 6.68. The van der Waals surface area contributed by atoms with E-state index in [4.69, 9.17) is 0 Å². The minimum atomic E-state index is -0.435. The van der Waals surface area contributed by atoms with Crippen molar-refractivity contribution in [1.29, 1.82) is 0 Å². The summed E-state index contributed by atoms with van der Waals surface area (Å²) >= 11 is 2.13. The molecule has 1 nitrogen and oxygen atoms in total. The maximum atomic E-state index is 2.76. The fourth-order valence-electron chi connectivity index (χ4n) is 1.83. The molecule has 0 atom stereocenters. The van der Waals surface area contributed by atoms with E-state index in [2.05, 4.69) is 44.0 Å². The van der Waals surface area contributed by atoms with Gasteiger partial charge in [-0.05, 0) is 22.8 Å². The fraction of sp³-hybridized carbons (Fsp3) is 1.00. The van der Waals surface area contributed by atoms with Crippen LogP contribution >= 0.6 is 11.8 Å². The van der Waals surface area contributed by atoms with Crippen molar-refractivity contribution in [2.24, 2.45) is 0 Å². The molecular weight excluding hydrogens is 170 g/mol. The Balaban J connectivity index is 2.44. The number of thioether (sulfide) groups is 1. The standard InChI is InChI=1S/C8H19NSSi/c1-7(2)9(8(3)4)11-5-10-6-11/h7-8,11H,5-6H2,1-4H3. The van der Waals surface area contributed by atoms with Gasteiger partial charge < -0.3 is 4.57 Å². The first-order valence-electron chi connectivity index (χ1n) is 4.48. The van der Waals surface area contributed by atoms with Crippen molar-refractivity contribution in [2.75, 3.05) is 10.8 Å². The Morgan fingerprint density at radius 2 is 1.55 bits per heavy atom. The van der Waals surface area contributed by atoms with Gasteiger partial charge in [0.15, 0.2) is 0 Å². The first-order chi connectivity index (χ1) is 5.13. The highest BCUT2D eigenvalue weighted by atomic mass is 32.2. The quantitative estimate of drug-likeness (QED) is 0.621. The number of rotatable bonds is 3. The molecule has 3 heteroatoms. The zero-order valence-electron chi connectivity index (χ0n) is 8.00. The zero-order chi connectivity index (χ0) is 8.43. The Morgan fingerprint density at radius 1 is 1.09 bits per heavy atom. The third-order valence-corrected chi connectivity index (χ3v) is 9.23. The third-order valence-electron chi connectivity index (χ3n) is 2.23. The van der Waals surface area contributed by atoms with Gasteiger partial charge in [-0.3, -0.25) is 0 Å². The molecule has 11 heavy (non-hydrogen) atoms. The largest absolute Gasteiger partial charge is 0.320 e. The van der Waals surface area contributed by atoms with Crippen LogP contribution in [0.4, 0.5) is 0 Å². The molecule has 0 amide bonds. The van der Waals surface area contributed by atoms with Crippen LogP contribution in [0.5, 0.6) is 0 Å². The predicted octanol–water partition coefficient (Wildman–Crippen LogP) is 1.65. The van der Waals surface area contributed by atoms with E-state index >= 15 is 0 Å². The summed E-state index contributed by atoms with van der Waals surface area (Å²) in [5.41, 5.74) is 0. The van der Waals surface area contributed by atoms with Crippen molar-refractivity contribution in [3.63, 3.8) is 0 Å². The van der Waals surface area contributed by atoms with Crippen molar-refractivity contribution in [3.8, 4) is 0 Å². The molecule has 66 valence electrons. The van der Waals surface area contributed by atoms with Gasteiger partial charge in [-0.2, -0.15) is 11.8 Å². The van der Waals surface area contributed by atoms with E-state index in [1.54, 1.807) is 0 Å². The molecule has 0 saturated carbocycles. The summed E-state index contributed by atoms with van der Waals surface area (Å²) in [5, 5.41) is 2.97. The van der Waals surface area contributed by atoms with Crippen LogP contribution in [-0.2, 0) is 0 Å². The van der Waals surface area contributed by atoms with E-state index < -0.39 is 8.96 Å². The van der Waals surface area contributed by atoms with Gasteiger partial charge >= 0.3 is 0 Å². The van der Waals surface area contributed by atoms with Gasteiger partial charge in [0.05, 0.1) is 0 Å². The summed E-state index contributed by atoms with van der Waals surface area (Å²) in [6, 6.07) is 1.54. The van der Waals surface area contributed by atoms with Gasteiger partial charge in [0.25, 0.3) is 0 Å². The van der Waals surface area contributed by atoms with Crippen LogP contribution in [0.3, 0.4) is 0 Å². The lowest BCUT2D eigenvalue weighted by atomic mass is 10.3. The molecule has 1 rings (SSSR count). The second-order valence-corrected chi connectivity index (χ2v) is 8.80. The third kappa shape index (κ3) is 2.23. The molecule has 0 unspecified atom stereocenters. The second-order valence-electron chi connectivity index (χ2n) is 3.83. The Labute approximate surface area is 76.2 Å². The van der Waals surface area contributed by atoms with Crippen molar-refractivity contribution in [3.05, 3.63) is 0 Å². The van der Waals surface area contributed by atoms with Gasteiger partial charge in [0.1, 0.15) is 8.96 Å². The Bertz CT molecular complexity index is 115. The molecule has 0 aliphatic carbocycles. The van der Waals surface area contributed by atoms with Crippen molar-refractivity contribution < 1.29 is 0 Å². The number of hydrogen-bond donors (Lipinski definition) is 0. The lowest BCUT2D eigenvalue weighted by molar-refractivity contribution is 0.304. The summed E-state index contributed by atoms with van der Waals surface area (Å²) in [5.74, 6) is 0. The van der Waals surface area contributed by atoms with E-state index in [0.717, 1.165) is 12.1 Å². The molecule has 1 aliphatic heterocycles. The van der Waals surface area contributed by atoms with E-state index in [1.807, 2.05) is 0 Å². The molecule has 1 heterocycles. The second kappa shape index (κ2) is 3.96. The Morgan fingerprint density at radius 3 is 1.64 bits per heavy atom. The molecule has 0 aromatic rings. The highest BCUT2D eigenvalue weighted by Crippen LogP contribution is 2.22. The van der Waals surface area contributed by atoms with Crippen LogP contribution in [0.2, 0.25) is 0 Å². The average Bonchev–Trinajstić information content (AvgIpc) is 1.75. The molecule has 1 fully saturated rings. The smallest absolute Gasteiger partial charge is 0.132 e. The van der Waals surface area contributed by atoms with E-state index in [9.17, 15) is 0 Å². The van der Waals surface area contributed by atoms with Crippen LogP contribution < -0.4 is 0 Å². The van der Waals surface area contributed by atoms with E-state index in [0.29, 0.717) is 0 Å². The van der Waals surface area contributed by atoms with Crippen LogP contribution in [0, 0.1) is 0 Å². The molecule has 0 aromatic heterocycles. The van der Waals surface area contributed by atoms with Crippen LogP contribution in [0.15, 0.2) is 0 Å². The summed E-state index contributed by atoms with van der Waals surface area (Å²) in [6.45, 7) is 9.32. The lowest BCUT2D eigenvalue weighted by Crippen LogP contribution is -2.55. The van der Waals surface area contributed by atoms with Gasteiger partial charge in [-0.1, -0.05) is 27.7 Å². The summed E-state index contributed by atoms with van der Waals surface area (Å²) in [6.07, 6.45) is 0. The molecule has 0 bridgehead atoms.